The van der Waals surface area contributed by atoms with Crippen LogP contribution in [0.3, 0.4) is 0 Å². The number of nitro benzene ring substituents is 1. The molecule has 0 N–H and O–H groups in total. The molecule has 86 valence electrons. The van der Waals surface area contributed by atoms with Crippen molar-refractivity contribution in [3.63, 3.8) is 0 Å². The molecule has 4 nitrogen and oxygen atoms in total. The fourth-order valence-electron chi connectivity index (χ4n) is 1.99. The zero-order valence-corrected chi connectivity index (χ0v) is 8.86. The normalized spacial score (nSPS) is 16.2. The van der Waals surface area contributed by atoms with Crippen LogP contribution in [0.25, 0.3) is 0 Å². The minimum atomic E-state index is -0.756. The number of hydrogen-bond donors (Lipinski definition) is 0. The average molecular weight is 224 g/mol. The molecule has 1 aromatic carbocycles. The van der Waals surface area contributed by atoms with E-state index in [0.717, 1.165) is 31.6 Å². The number of nitrogens with zero attached hydrogens (tertiary/aromatic N) is 2. The van der Waals surface area contributed by atoms with Crippen LogP contribution in [-0.2, 0) is 0 Å². The van der Waals surface area contributed by atoms with Gasteiger partial charge in [0.1, 0.15) is 0 Å². The highest BCUT2D eigenvalue weighted by molar-refractivity contribution is 5.51. The second kappa shape index (κ2) is 4.47. The summed E-state index contributed by atoms with van der Waals surface area (Å²) < 4.78 is 13.4. The summed E-state index contributed by atoms with van der Waals surface area (Å²) in [5, 5.41) is 10.5. The van der Waals surface area contributed by atoms with Crippen molar-refractivity contribution >= 4 is 11.4 Å². The van der Waals surface area contributed by atoms with Crippen molar-refractivity contribution in [1.29, 1.82) is 0 Å². The van der Waals surface area contributed by atoms with Crippen LogP contribution in [0.2, 0.25) is 0 Å². The smallest absolute Gasteiger partial charge is 0.304 e. The predicted molar refractivity (Wildman–Crippen MR) is 59.1 cm³/mol. The van der Waals surface area contributed by atoms with E-state index in [9.17, 15) is 14.5 Å². The Hall–Kier alpha value is -1.65. The van der Waals surface area contributed by atoms with E-state index in [0.29, 0.717) is 0 Å². The first-order valence-corrected chi connectivity index (χ1v) is 5.37. The summed E-state index contributed by atoms with van der Waals surface area (Å²) in [5.41, 5.74) is 0.281. The maximum absolute atomic E-state index is 13.4. The zero-order chi connectivity index (χ0) is 11.5. The van der Waals surface area contributed by atoms with E-state index in [1.165, 1.54) is 18.6 Å². The standard InChI is InChI=1S/C11H13FN2O2/c12-10-8-9(4-5-11(10)14(15)16)13-6-2-1-3-7-13/h4-5,8H,1-3,6-7H2. The molecular weight excluding hydrogens is 211 g/mol. The van der Waals surface area contributed by atoms with Crippen molar-refractivity contribution in [1.82, 2.24) is 0 Å². The van der Waals surface area contributed by atoms with Gasteiger partial charge >= 0.3 is 5.69 Å². The largest absolute Gasteiger partial charge is 0.371 e. The van der Waals surface area contributed by atoms with E-state index in [2.05, 4.69) is 4.90 Å². The third kappa shape index (κ3) is 2.13. The van der Waals surface area contributed by atoms with Crippen LogP contribution in [0.5, 0.6) is 0 Å². The minimum Gasteiger partial charge on any atom is -0.371 e. The summed E-state index contributed by atoms with van der Waals surface area (Å²) in [6.45, 7) is 1.80. The second-order valence-corrected chi connectivity index (χ2v) is 3.94. The summed E-state index contributed by atoms with van der Waals surface area (Å²) >= 11 is 0. The Bertz CT molecular complexity index is 403. The number of hydrogen-bond acceptors (Lipinski definition) is 3. The van der Waals surface area contributed by atoms with Crippen LogP contribution in [0, 0.1) is 15.9 Å². The fraction of sp³-hybridized carbons (Fsp3) is 0.455. The molecule has 0 amide bonds. The van der Waals surface area contributed by atoms with E-state index >= 15 is 0 Å². The third-order valence-corrected chi connectivity index (χ3v) is 2.85. The first-order valence-electron chi connectivity index (χ1n) is 5.37. The first kappa shape index (κ1) is 10.9. The molecule has 5 heteroatoms. The van der Waals surface area contributed by atoms with E-state index in [4.69, 9.17) is 0 Å². The summed E-state index contributed by atoms with van der Waals surface area (Å²) in [6, 6.07) is 4.11. The van der Waals surface area contributed by atoms with Gasteiger partial charge in [-0.05, 0) is 25.3 Å². The molecule has 0 atom stereocenters. The third-order valence-electron chi connectivity index (χ3n) is 2.85. The van der Waals surface area contributed by atoms with Gasteiger partial charge in [0, 0.05) is 30.9 Å². The van der Waals surface area contributed by atoms with E-state index < -0.39 is 16.4 Å². The summed E-state index contributed by atoms with van der Waals surface area (Å²) in [4.78, 5) is 11.8. The number of rotatable bonds is 2. The number of halogens is 1. The summed E-state index contributed by atoms with van der Waals surface area (Å²) in [6.07, 6.45) is 3.39. The number of benzene rings is 1. The Balaban J connectivity index is 2.23. The molecule has 0 saturated carbocycles. The van der Waals surface area contributed by atoms with E-state index in [-0.39, 0.29) is 0 Å². The van der Waals surface area contributed by atoms with Crippen molar-refractivity contribution < 1.29 is 9.31 Å². The maximum Gasteiger partial charge on any atom is 0.304 e. The molecule has 2 rings (SSSR count). The van der Waals surface area contributed by atoms with Gasteiger partial charge in [-0.1, -0.05) is 0 Å². The molecule has 0 radical (unpaired) electrons. The van der Waals surface area contributed by atoms with Crippen LogP contribution in [0.4, 0.5) is 15.8 Å². The van der Waals surface area contributed by atoms with Crippen LogP contribution >= 0.6 is 0 Å². The maximum atomic E-state index is 13.4. The Morgan fingerprint density at radius 1 is 1.25 bits per heavy atom. The number of piperidine rings is 1. The molecule has 1 fully saturated rings. The van der Waals surface area contributed by atoms with Crippen molar-refractivity contribution in [2.24, 2.45) is 0 Å². The topological polar surface area (TPSA) is 46.4 Å². The number of anilines is 1. The van der Waals surface area contributed by atoms with Gasteiger partial charge in [0.15, 0.2) is 0 Å². The highest BCUT2D eigenvalue weighted by atomic mass is 19.1. The lowest BCUT2D eigenvalue weighted by Gasteiger charge is -2.28. The van der Waals surface area contributed by atoms with Crippen molar-refractivity contribution in [3.05, 3.63) is 34.1 Å². The predicted octanol–water partition coefficient (Wildman–Crippen LogP) is 2.72. The molecule has 16 heavy (non-hydrogen) atoms. The molecule has 1 aliphatic rings. The Labute approximate surface area is 92.8 Å². The summed E-state index contributed by atoms with van der Waals surface area (Å²) in [5.74, 6) is -0.756. The monoisotopic (exact) mass is 224 g/mol. The molecule has 0 aliphatic carbocycles. The van der Waals surface area contributed by atoms with Gasteiger partial charge in [-0.3, -0.25) is 10.1 Å². The molecule has 0 spiro atoms. The molecule has 1 aliphatic heterocycles. The van der Waals surface area contributed by atoms with E-state index in [1.807, 2.05) is 0 Å². The van der Waals surface area contributed by atoms with Crippen LogP contribution in [0.15, 0.2) is 18.2 Å². The number of nitro groups is 1. The SMILES string of the molecule is O=[N+]([O-])c1ccc(N2CCCCC2)cc1F. The summed E-state index contributed by atoms with van der Waals surface area (Å²) in [7, 11) is 0. The van der Waals surface area contributed by atoms with Gasteiger partial charge in [-0.15, -0.1) is 0 Å². The average Bonchev–Trinajstić information content (AvgIpc) is 2.29. The van der Waals surface area contributed by atoms with Gasteiger partial charge in [0.25, 0.3) is 0 Å². The molecule has 0 aromatic heterocycles. The molecule has 1 saturated heterocycles. The van der Waals surface area contributed by atoms with Gasteiger partial charge in [0.2, 0.25) is 5.82 Å². The highest BCUT2D eigenvalue weighted by Crippen LogP contribution is 2.25. The Morgan fingerprint density at radius 3 is 2.50 bits per heavy atom. The van der Waals surface area contributed by atoms with Crippen LogP contribution in [0.1, 0.15) is 19.3 Å². The highest BCUT2D eigenvalue weighted by Gasteiger charge is 2.17. The quantitative estimate of drug-likeness (QED) is 0.573. The van der Waals surface area contributed by atoms with Gasteiger partial charge in [0.05, 0.1) is 4.92 Å². The minimum absolute atomic E-state index is 0.458. The fourth-order valence-corrected chi connectivity index (χ4v) is 1.99. The molecule has 1 heterocycles. The Kier molecular flexibility index (Phi) is 3.03. The van der Waals surface area contributed by atoms with Crippen molar-refractivity contribution in [2.45, 2.75) is 19.3 Å². The first-order chi connectivity index (χ1) is 7.68. The van der Waals surface area contributed by atoms with E-state index in [1.54, 1.807) is 6.07 Å². The molecular formula is C11H13FN2O2. The van der Waals surface area contributed by atoms with Gasteiger partial charge in [-0.2, -0.15) is 4.39 Å². The molecule has 0 bridgehead atoms. The van der Waals surface area contributed by atoms with Gasteiger partial charge in [-0.25, -0.2) is 0 Å². The van der Waals surface area contributed by atoms with Gasteiger partial charge < -0.3 is 4.90 Å². The van der Waals surface area contributed by atoms with Crippen molar-refractivity contribution in [3.8, 4) is 0 Å². The molecule has 0 unspecified atom stereocenters. The lowest BCUT2D eigenvalue weighted by Crippen LogP contribution is -2.29. The Morgan fingerprint density at radius 2 is 1.94 bits per heavy atom. The van der Waals surface area contributed by atoms with Crippen molar-refractivity contribution in [2.75, 3.05) is 18.0 Å². The second-order valence-electron chi connectivity index (χ2n) is 3.94. The lowest BCUT2D eigenvalue weighted by molar-refractivity contribution is -0.387. The zero-order valence-electron chi connectivity index (χ0n) is 8.86. The van der Waals surface area contributed by atoms with Crippen LogP contribution in [-0.4, -0.2) is 18.0 Å². The lowest BCUT2D eigenvalue weighted by atomic mass is 10.1. The molecule has 1 aromatic rings. The van der Waals surface area contributed by atoms with Crippen LogP contribution < -0.4 is 4.90 Å².